The number of carbonyl (C=O) groups is 1. The summed E-state index contributed by atoms with van der Waals surface area (Å²) >= 11 is 0. The van der Waals surface area contributed by atoms with Crippen LogP contribution in [0.15, 0.2) is 60.9 Å². The largest absolute Gasteiger partial charge is 0.490 e. The molecular weight excluding hydrogens is 360 g/mol. The maximum absolute atomic E-state index is 12.9. The van der Waals surface area contributed by atoms with E-state index < -0.39 is 0 Å². The van der Waals surface area contributed by atoms with Crippen molar-refractivity contribution in [3.8, 4) is 5.75 Å². The van der Waals surface area contributed by atoms with Crippen LogP contribution in [0, 0.1) is 13.8 Å². The van der Waals surface area contributed by atoms with Crippen molar-refractivity contribution in [1.82, 2.24) is 10.3 Å². The third-order valence-corrected chi connectivity index (χ3v) is 5.53. The molecule has 1 amide bonds. The minimum Gasteiger partial charge on any atom is -0.490 e. The highest BCUT2D eigenvalue weighted by molar-refractivity contribution is 5.79. The molecule has 0 fully saturated rings. The van der Waals surface area contributed by atoms with Crippen molar-refractivity contribution in [1.29, 1.82) is 0 Å². The van der Waals surface area contributed by atoms with Gasteiger partial charge in [-0.05, 0) is 72.4 Å². The van der Waals surface area contributed by atoms with Crippen LogP contribution < -0.4 is 10.1 Å². The molecule has 4 nitrogen and oxygen atoms in total. The van der Waals surface area contributed by atoms with Crippen molar-refractivity contribution >= 4 is 5.91 Å². The maximum atomic E-state index is 12.9. The molecule has 1 N–H and O–H groups in total. The second-order valence-corrected chi connectivity index (χ2v) is 7.88. The molecule has 2 aromatic carbocycles. The van der Waals surface area contributed by atoms with Gasteiger partial charge in [-0.2, -0.15) is 0 Å². The second-order valence-electron chi connectivity index (χ2n) is 7.88. The molecule has 3 aromatic rings. The minimum absolute atomic E-state index is 0.00282. The highest BCUT2D eigenvalue weighted by atomic mass is 16.5. The van der Waals surface area contributed by atoms with Gasteiger partial charge in [0.05, 0.1) is 12.5 Å². The van der Waals surface area contributed by atoms with E-state index in [1.807, 2.05) is 24.3 Å². The van der Waals surface area contributed by atoms with Crippen LogP contribution in [0.3, 0.4) is 0 Å². The third-order valence-electron chi connectivity index (χ3n) is 5.53. The number of fused-ring (bicyclic) bond motifs is 1. The monoisotopic (exact) mass is 386 g/mol. The Morgan fingerprint density at radius 3 is 2.62 bits per heavy atom. The van der Waals surface area contributed by atoms with E-state index in [-0.39, 0.29) is 18.1 Å². The molecule has 0 unspecified atom stereocenters. The molecule has 1 aliphatic rings. The van der Waals surface area contributed by atoms with Crippen LogP contribution in [0.2, 0.25) is 0 Å². The molecule has 2 atom stereocenters. The molecule has 29 heavy (non-hydrogen) atoms. The number of aromatic nitrogens is 1. The van der Waals surface area contributed by atoms with Gasteiger partial charge in [0, 0.05) is 18.8 Å². The third kappa shape index (κ3) is 4.32. The number of hydrogen-bond acceptors (Lipinski definition) is 3. The average Bonchev–Trinajstić information content (AvgIpc) is 3.08. The van der Waals surface area contributed by atoms with Gasteiger partial charge in [-0.3, -0.25) is 9.78 Å². The van der Waals surface area contributed by atoms with Crippen molar-refractivity contribution in [2.45, 2.75) is 45.8 Å². The number of amides is 1. The SMILES string of the molecule is Cc1ccc([C@@H](NC(=O)Cc2ccc3c(c2)C[C@@H](C)O3)c2ccncc2)cc1C. The molecule has 0 saturated carbocycles. The molecule has 0 spiro atoms. The van der Waals surface area contributed by atoms with Gasteiger partial charge in [-0.15, -0.1) is 0 Å². The summed E-state index contributed by atoms with van der Waals surface area (Å²) in [6, 6.07) is 16.1. The first-order chi connectivity index (χ1) is 14.0. The standard InChI is InChI=1S/C25H26N2O2/c1-16-4-6-21(12-17(16)2)25(20-8-10-26-11-9-20)27-24(28)15-19-5-7-23-22(14-19)13-18(3)29-23/h4-12,14,18,25H,13,15H2,1-3H3,(H,27,28)/t18-,25+/m1/s1. The fourth-order valence-electron chi connectivity index (χ4n) is 3.84. The summed E-state index contributed by atoms with van der Waals surface area (Å²) < 4.78 is 5.76. The topological polar surface area (TPSA) is 51.2 Å². The second kappa shape index (κ2) is 8.08. The lowest BCUT2D eigenvalue weighted by Crippen LogP contribution is -2.30. The van der Waals surface area contributed by atoms with Crippen LogP contribution in [0.25, 0.3) is 0 Å². The average molecular weight is 386 g/mol. The van der Waals surface area contributed by atoms with E-state index >= 15 is 0 Å². The van der Waals surface area contributed by atoms with Crippen LogP contribution in [0.5, 0.6) is 5.75 Å². The van der Waals surface area contributed by atoms with Crippen molar-refractivity contribution in [3.63, 3.8) is 0 Å². The van der Waals surface area contributed by atoms with E-state index in [2.05, 4.69) is 55.3 Å². The summed E-state index contributed by atoms with van der Waals surface area (Å²) in [4.78, 5) is 17.0. The number of pyridine rings is 1. The first-order valence-corrected chi connectivity index (χ1v) is 10.0. The van der Waals surface area contributed by atoms with Crippen molar-refractivity contribution in [3.05, 3.63) is 94.3 Å². The number of nitrogens with zero attached hydrogens (tertiary/aromatic N) is 1. The summed E-state index contributed by atoms with van der Waals surface area (Å²) in [7, 11) is 0. The molecule has 1 aromatic heterocycles. The van der Waals surface area contributed by atoms with Gasteiger partial charge in [0.15, 0.2) is 0 Å². The van der Waals surface area contributed by atoms with Crippen LogP contribution in [0.1, 0.15) is 46.3 Å². The Kier molecular flexibility index (Phi) is 5.34. The van der Waals surface area contributed by atoms with E-state index in [0.29, 0.717) is 6.42 Å². The Balaban J connectivity index is 1.55. The lowest BCUT2D eigenvalue weighted by Gasteiger charge is -2.21. The summed E-state index contributed by atoms with van der Waals surface area (Å²) in [6.45, 7) is 6.25. The molecular formula is C25H26N2O2. The number of aryl methyl sites for hydroxylation is 2. The maximum Gasteiger partial charge on any atom is 0.225 e. The molecule has 4 rings (SSSR count). The zero-order chi connectivity index (χ0) is 20.4. The van der Waals surface area contributed by atoms with Gasteiger partial charge < -0.3 is 10.1 Å². The van der Waals surface area contributed by atoms with E-state index in [1.54, 1.807) is 12.4 Å². The number of ether oxygens (including phenoxy) is 1. The summed E-state index contributed by atoms with van der Waals surface area (Å²) in [5.74, 6) is 0.934. The number of rotatable bonds is 5. The zero-order valence-corrected chi connectivity index (χ0v) is 17.1. The lowest BCUT2D eigenvalue weighted by molar-refractivity contribution is -0.120. The number of carbonyl (C=O) groups excluding carboxylic acids is 1. The molecule has 4 heteroatoms. The van der Waals surface area contributed by atoms with E-state index in [0.717, 1.165) is 28.9 Å². The molecule has 0 saturated heterocycles. The van der Waals surface area contributed by atoms with Gasteiger partial charge in [0.25, 0.3) is 0 Å². The fourth-order valence-corrected chi connectivity index (χ4v) is 3.84. The van der Waals surface area contributed by atoms with Crippen LogP contribution in [0.4, 0.5) is 0 Å². The van der Waals surface area contributed by atoms with Gasteiger partial charge in [0.1, 0.15) is 11.9 Å². The van der Waals surface area contributed by atoms with E-state index in [1.165, 1.54) is 16.7 Å². The van der Waals surface area contributed by atoms with E-state index in [4.69, 9.17) is 4.74 Å². The van der Waals surface area contributed by atoms with Crippen LogP contribution in [-0.2, 0) is 17.6 Å². The van der Waals surface area contributed by atoms with Crippen molar-refractivity contribution in [2.24, 2.45) is 0 Å². The van der Waals surface area contributed by atoms with Gasteiger partial charge in [-0.1, -0.05) is 30.3 Å². The highest BCUT2D eigenvalue weighted by Gasteiger charge is 2.21. The van der Waals surface area contributed by atoms with Crippen LogP contribution in [-0.4, -0.2) is 17.0 Å². The number of nitrogens with one attached hydrogen (secondary N) is 1. The van der Waals surface area contributed by atoms with Crippen molar-refractivity contribution in [2.75, 3.05) is 0 Å². The normalized spacial score (nSPS) is 16.0. The van der Waals surface area contributed by atoms with Gasteiger partial charge in [0.2, 0.25) is 5.91 Å². The smallest absolute Gasteiger partial charge is 0.225 e. The first kappa shape index (κ1) is 19.2. The molecule has 1 aliphatic heterocycles. The molecule has 0 radical (unpaired) electrons. The molecule has 0 aliphatic carbocycles. The van der Waals surface area contributed by atoms with Gasteiger partial charge in [-0.25, -0.2) is 0 Å². The van der Waals surface area contributed by atoms with Gasteiger partial charge >= 0.3 is 0 Å². The Bertz CT molecular complexity index is 1030. The lowest BCUT2D eigenvalue weighted by atomic mass is 9.96. The number of hydrogen-bond donors (Lipinski definition) is 1. The van der Waals surface area contributed by atoms with E-state index in [9.17, 15) is 4.79 Å². The quantitative estimate of drug-likeness (QED) is 0.704. The minimum atomic E-state index is -0.206. The predicted octanol–water partition coefficient (Wildman–Crippen LogP) is 4.47. The molecule has 0 bridgehead atoms. The van der Waals surface area contributed by atoms with Crippen molar-refractivity contribution < 1.29 is 9.53 Å². The summed E-state index contributed by atoms with van der Waals surface area (Å²) in [5, 5.41) is 3.22. The molecule has 148 valence electrons. The zero-order valence-electron chi connectivity index (χ0n) is 17.1. The Morgan fingerprint density at radius 1 is 1.07 bits per heavy atom. The first-order valence-electron chi connectivity index (χ1n) is 10.0. The summed E-state index contributed by atoms with van der Waals surface area (Å²) in [5.41, 5.74) is 6.73. The Morgan fingerprint density at radius 2 is 1.86 bits per heavy atom. The molecule has 2 heterocycles. The summed E-state index contributed by atoms with van der Waals surface area (Å²) in [6.07, 6.45) is 4.96. The number of benzene rings is 2. The Hall–Kier alpha value is -3.14. The van der Waals surface area contributed by atoms with Crippen LogP contribution >= 0.6 is 0 Å². The Labute approximate surface area is 172 Å². The fraction of sp³-hybridized carbons (Fsp3) is 0.280. The predicted molar refractivity (Wildman–Crippen MR) is 114 cm³/mol. The highest BCUT2D eigenvalue weighted by Crippen LogP contribution is 2.30.